The minimum Gasteiger partial charge on any atom is -0.393 e. The van der Waals surface area contributed by atoms with Gasteiger partial charge in [0, 0.05) is 0 Å². The lowest BCUT2D eigenvalue weighted by molar-refractivity contribution is -0.184. The molecule has 13 heavy (non-hydrogen) atoms. The lowest BCUT2D eigenvalue weighted by Gasteiger charge is -2.41. The fourth-order valence-corrected chi connectivity index (χ4v) is 3.00. The molecule has 2 rings (SSSR count). The molecule has 3 heteroatoms. The zero-order valence-corrected chi connectivity index (χ0v) is 8.12. The SMILES string of the molecule is C[C@@H]1C[C@]2(CO)CC[C@](CO)(C1)O2. The molecule has 0 aliphatic carbocycles. The Labute approximate surface area is 78.7 Å². The third kappa shape index (κ3) is 1.39. The Balaban J connectivity index is 2.20. The van der Waals surface area contributed by atoms with Crippen LogP contribution >= 0.6 is 0 Å². The molecular formula is C10H18O3. The van der Waals surface area contributed by atoms with Gasteiger partial charge < -0.3 is 14.9 Å². The van der Waals surface area contributed by atoms with Gasteiger partial charge in [0.1, 0.15) is 0 Å². The van der Waals surface area contributed by atoms with Gasteiger partial charge in [-0.3, -0.25) is 0 Å². The lowest BCUT2D eigenvalue weighted by Crippen LogP contribution is -2.47. The van der Waals surface area contributed by atoms with Crippen molar-refractivity contribution < 1.29 is 14.9 Å². The number of aliphatic hydroxyl groups excluding tert-OH is 2. The van der Waals surface area contributed by atoms with E-state index in [0.717, 1.165) is 25.7 Å². The Morgan fingerprint density at radius 1 is 1.15 bits per heavy atom. The molecule has 0 saturated carbocycles. The molecule has 0 aromatic carbocycles. The van der Waals surface area contributed by atoms with E-state index in [2.05, 4.69) is 6.92 Å². The van der Waals surface area contributed by atoms with Crippen LogP contribution in [0.25, 0.3) is 0 Å². The summed E-state index contributed by atoms with van der Waals surface area (Å²) in [7, 11) is 0. The Hall–Kier alpha value is -0.120. The van der Waals surface area contributed by atoms with Crippen LogP contribution in [0.2, 0.25) is 0 Å². The Bertz CT molecular complexity index is 186. The number of fused-ring (bicyclic) bond motifs is 2. The summed E-state index contributed by atoms with van der Waals surface area (Å²) in [4.78, 5) is 0. The first-order chi connectivity index (χ1) is 6.14. The van der Waals surface area contributed by atoms with Crippen molar-refractivity contribution in [2.75, 3.05) is 13.2 Å². The molecule has 0 spiro atoms. The second kappa shape index (κ2) is 2.94. The first-order valence-electron chi connectivity index (χ1n) is 5.06. The van der Waals surface area contributed by atoms with Crippen molar-refractivity contribution in [2.45, 2.75) is 43.8 Å². The Kier molecular flexibility index (Phi) is 2.13. The Morgan fingerprint density at radius 2 is 1.62 bits per heavy atom. The van der Waals surface area contributed by atoms with Gasteiger partial charge >= 0.3 is 0 Å². The van der Waals surface area contributed by atoms with E-state index >= 15 is 0 Å². The molecule has 2 saturated heterocycles. The number of rotatable bonds is 2. The van der Waals surface area contributed by atoms with Crippen LogP contribution in [0.4, 0.5) is 0 Å². The van der Waals surface area contributed by atoms with Gasteiger partial charge in [-0.2, -0.15) is 0 Å². The minimum absolute atomic E-state index is 0.0963. The van der Waals surface area contributed by atoms with Crippen LogP contribution in [0, 0.1) is 5.92 Å². The van der Waals surface area contributed by atoms with E-state index in [4.69, 9.17) is 4.74 Å². The lowest BCUT2D eigenvalue weighted by atomic mass is 9.85. The maximum Gasteiger partial charge on any atom is 0.0924 e. The highest BCUT2D eigenvalue weighted by Gasteiger charge is 2.53. The number of hydrogen-bond donors (Lipinski definition) is 2. The van der Waals surface area contributed by atoms with E-state index in [1.807, 2.05) is 0 Å². The van der Waals surface area contributed by atoms with Gasteiger partial charge in [-0.15, -0.1) is 0 Å². The molecule has 2 heterocycles. The zero-order chi connectivity index (χ0) is 9.53. The molecule has 0 aromatic rings. The van der Waals surface area contributed by atoms with Crippen molar-refractivity contribution in [3.05, 3.63) is 0 Å². The molecule has 3 nitrogen and oxygen atoms in total. The molecule has 2 aliphatic rings. The molecule has 0 aromatic heterocycles. The fourth-order valence-electron chi connectivity index (χ4n) is 3.00. The molecule has 2 aliphatic heterocycles. The number of ether oxygens (including phenoxy) is 1. The molecule has 0 radical (unpaired) electrons. The maximum atomic E-state index is 9.29. The van der Waals surface area contributed by atoms with Crippen LogP contribution in [0.5, 0.6) is 0 Å². The van der Waals surface area contributed by atoms with E-state index in [1.165, 1.54) is 0 Å². The second-order valence-electron chi connectivity index (χ2n) is 4.80. The zero-order valence-electron chi connectivity index (χ0n) is 8.12. The third-order valence-electron chi connectivity index (χ3n) is 3.49. The normalized spacial score (nSPS) is 49.6. The van der Waals surface area contributed by atoms with Crippen molar-refractivity contribution in [3.63, 3.8) is 0 Å². The molecule has 0 amide bonds. The summed E-state index contributed by atoms with van der Waals surface area (Å²) in [6, 6.07) is 0. The maximum absolute atomic E-state index is 9.29. The molecular weight excluding hydrogens is 168 g/mol. The van der Waals surface area contributed by atoms with Crippen molar-refractivity contribution in [1.29, 1.82) is 0 Å². The quantitative estimate of drug-likeness (QED) is 0.667. The average Bonchev–Trinajstić information content (AvgIpc) is 2.41. The van der Waals surface area contributed by atoms with Gasteiger partial charge in [0.15, 0.2) is 0 Å². The first kappa shape index (κ1) is 9.44. The summed E-state index contributed by atoms with van der Waals surface area (Å²) >= 11 is 0. The van der Waals surface area contributed by atoms with Crippen LogP contribution in [-0.4, -0.2) is 34.6 Å². The summed E-state index contributed by atoms with van der Waals surface area (Å²) in [5.74, 6) is 0.551. The summed E-state index contributed by atoms with van der Waals surface area (Å²) in [6.07, 6.45) is 3.67. The Morgan fingerprint density at radius 3 is 2.00 bits per heavy atom. The van der Waals surface area contributed by atoms with Crippen molar-refractivity contribution in [1.82, 2.24) is 0 Å². The summed E-state index contributed by atoms with van der Waals surface area (Å²) < 4.78 is 5.84. The summed E-state index contributed by atoms with van der Waals surface area (Å²) in [5, 5.41) is 18.6. The molecule has 2 bridgehead atoms. The van der Waals surface area contributed by atoms with E-state index < -0.39 is 0 Å². The van der Waals surface area contributed by atoms with E-state index in [0.29, 0.717) is 5.92 Å². The van der Waals surface area contributed by atoms with Gasteiger partial charge in [0.05, 0.1) is 24.4 Å². The second-order valence-corrected chi connectivity index (χ2v) is 4.80. The van der Waals surface area contributed by atoms with Gasteiger partial charge in [0.25, 0.3) is 0 Å². The van der Waals surface area contributed by atoms with E-state index in [1.54, 1.807) is 0 Å². The van der Waals surface area contributed by atoms with Gasteiger partial charge in [0.2, 0.25) is 0 Å². The van der Waals surface area contributed by atoms with Crippen LogP contribution in [-0.2, 0) is 4.74 Å². The predicted molar refractivity (Wildman–Crippen MR) is 48.4 cm³/mol. The van der Waals surface area contributed by atoms with Crippen molar-refractivity contribution in [3.8, 4) is 0 Å². The van der Waals surface area contributed by atoms with E-state index in [9.17, 15) is 10.2 Å². The van der Waals surface area contributed by atoms with Crippen molar-refractivity contribution in [2.24, 2.45) is 5.92 Å². The highest BCUT2D eigenvalue weighted by atomic mass is 16.6. The molecule has 3 atom stereocenters. The topological polar surface area (TPSA) is 49.7 Å². The molecule has 0 unspecified atom stereocenters. The summed E-state index contributed by atoms with van der Waals surface area (Å²) in [6.45, 7) is 2.36. The highest BCUT2D eigenvalue weighted by molar-refractivity contribution is 5.02. The largest absolute Gasteiger partial charge is 0.393 e. The van der Waals surface area contributed by atoms with Crippen LogP contribution < -0.4 is 0 Å². The average molecular weight is 186 g/mol. The molecule has 2 N–H and O–H groups in total. The predicted octanol–water partition coefficient (Wildman–Crippen LogP) is 0.689. The smallest absolute Gasteiger partial charge is 0.0924 e. The van der Waals surface area contributed by atoms with Crippen molar-refractivity contribution >= 4 is 0 Å². The van der Waals surface area contributed by atoms with Gasteiger partial charge in [-0.1, -0.05) is 6.92 Å². The van der Waals surface area contributed by atoms with Gasteiger partial charge in [-0.25, -0.2) is 0 Å². The number of aliphatic hydroxyl groups is 2. The third-order valence-corrected chi connectivity index (χ3v) is 3.49. The van der Waals surface area contributed by atoms with Crippen LogP contribution in [0.3, 0.4) is 0 Å². The van der Waals surface area contributed by atoms with Crippen LogP contribution in [0.1, 0.15) is 32.6 Å². The number of hydrogen-bond acceptors (Lipinski definition) is 3. The summed E-state index contributed by atoms with van der Waals surface area (Å²) in [5.41, 5.74) is -0.666. The molecule has 2 fully saturated rings. The van der Waals surface area contributed by atoms with Crippen LogP contribution in [0.15, 0.2) is 0 Å². The standard InChI is InChI=1S/C10H18O3/c1-8-4-9(6-11)2-3-10(5-8,7-12)13-9/h8,11-12H,2-7H2,1H3/t8-,9+,10-. The highest BCUT2D eigenvalue weighted by Crippen LogP contribution is 2.49. The van der Waals surface area contributed by atoms with Gasteiger partial charge in [-0.05, 0) is 31.6 Å². The first-order valence-corrected chi connectivity index (χ1v) is 5.06. The monoisotopic (exact) mass is 186 g/mol. The fraction of sp³-hybridized carbons (Fsp3) is 1.00. The minimum atomic E-state index is -0.333. The molecule has 76 valence electrons. The van der Waals surface area contributed by atoms with E-state index in [-0.39, 0.29) is 24.4 Å².